The van der Waals surface area contributed by atoms with Gasteiger partial charge in [-0.2, -0.15) is 0 Å². The van der Waals surface area contributed by atoms with E-state index in [0.717, 1.165) is 10.8 Å². The summed E-state index contributed by atoms with van der Waals surface area (Å²) in [5.74, 6) is -1.82. The van der Waals surface area contributed by atoms with Crippen LogP contribution in [0.15, 0.2) is 36.5 Å². The molecule has 1 unspecified atom stereocenters. The Morgan fingerprint density at radius 3 is 2.75 bits per heavy atom. The highest BCUT2D eigenvalue weighted by atomic mass is 16.4. The molecule has 5 heteroatoms. The van der Waals surface area contributed by atoms with Crippen molar-refractivity contribution in [2.45, 2.75) is 13.3 Å². The summed E-state index contributed by atoms with van der Waals surface area (Å²) < 4.78 is 0. The van der Waals surface area contributed by atoms with E-state index in [4.69, 9.17) is 5.11 Å². The third-order valence-electron chi connectivity index (χ3n) is 3.24. The van der Waals surface area contributed by atoms with Gasteiger partial charge in [-0.05, 0) is 17.9 Å². The van der Waals surface area contributed by atoms with Crippen LogP contribution in [0.3, 0.4) is 0 Å². The van der Waals surface area contributed by atoms with Gasteiger partial charge in [-0.1, -0.05) is 31.2 Å². The fourth-order valence-electron chi connectivity index (χ4n) is 2.01. The maximum atomic E-state index is 12.1. The van der Waals surface area contributed by atoms with Gasteiger partial charge >= 0.3 is 5.97 Å². The largest absolute Gasteiger partial charge is 0.481 e. The van der Waals surface area contributed by atoms with Crippen LogP contribution in [0, 0.1) is 5.92 Å². The lowest BCUT2D eigenvalue weighted by atomic mass is 10.1. The average molecular weight is 272 g/mol. The smallest absolute Gasteiger partial charge is 0.308 e. The van der Waals surface area contributed by atoms with Crippen molar-refractivity contribution >= 4 is 22.6 Å². The van der Waals surface area contributed by atoms with E-state index < -0.39 is 11.9 Å². The number of carboxylic acid groups (broad SMARTS) is 1. The molecule has 1 atom stereocenters. The minimum atomic E-state index is -0.904. The van der Waals surface area contributed by atoms with E-state index in [1.807, 2.05) is 30.3 Å². The van der Waals surface area contributed by atoms with Crippen LogP contribution in [-0.4, -0.2) is 28.5 Å². The first-order valence-corrected chi connectivity index (χ1v) is 6.48. The normalized spacial score (nSPS) is 12.1. The van der Waals surface area contributed by atoms with Gasteiger partial charge in [0.05, 0.1) is 5.92 Å². The van der Waals surface area contributed by atoms with E-state index in [9.17, 15) is 9.59 Å². The number of carboxylic acids is 1. The number of carbonyl (C=O) groups is 2. The Kier molecular flexibility index (Phi) is 4.30. The lowest BCUT2D eigenvalue weighted by molar-refractivity contribution is -0.141. The van der Waals surface area contributed by atoms with Gasteiger partial charge in [0, 0.05) is 18.1 Å². The SMILES string of the molecule is CCC(CNC(=O)c1nccc2ccccc12)C(=O)O. The predicted octanol–water partition coefficient (Wildman–Crippen LogP) is 2.08. The Balaban J connectivity index is 2.18. The summed E-state index contributed by atoms with van der Waals surface area (Å²) in [5, 5.41) is 13.3. The summed E-state index contributed by atoms with van der Waals surface area (Å²) in [4.78, 5) is 27.2. The number of pyridine rings is 1. The summed E-state index contributed by atoms with van der Waals surface area (Å²) >= 11 is 0. The lowest BCUT2D eigenvalue weighted by Gasteiger charge is -2.11. The number of aliphatic carboxylic acids is 1. The molecule has 0 fully saturated rings. The van der Waals surface area contributed by atoms with E-state index in [1.54, 1.807) is 13.1 Å². The molecule has 1 aromatic carbocycles. The molecular weight excluding hydrogens is 256 g/mol. The molecule has 104 valence electrons. The van der Waals surface area contributed by atoms with E-state index in [0.29, 0.717) is 12.1 Å². The van der Waals surface area contributed by atoms with Crippen molar-refractivity contribution in [1.82, 2.24) is 10.3 Å². The van der Waals surface area contributed by atoms with Crippen LogP contribution in [0.4, 0.5) is 0 Å². The molecule has 20 heavy (non-hydrogen) atoms. The van der Waals surface area contributed by atoms with Crippen molar-refractivity contribution < 1.29 is 14.7 Å². The predicted molar refractivity (Wildman–Crippen MR) is 75.5 cm³/mol. The van der Waals surface area contributed by atoms with Crippen molar-refractivity contribution in [3.8, 4) is 0 Å². The van der Waals surface area contributed by atoms with Gasteiger partial charge in [-0.15, -0.1) is 0 Å². The molecule has 5 nitrogen and oxygen atoms in total. The fraction of sp³-hybridized carbons (Fsp3) is 0.267. The molecule has 0 aliphatic carbocycles. The van der Waals surface area contributed by atoms with E-state index in [2.05, 4.69) is 10.3 Å². The monoisotopic (exact) mass is 272 g/mol. The van der Waals surface area contributed by atoms with Gasteiger partial charge in [-0.3, -0.25) is 14.6 Å². The minimum absolute atomic E-state index is 0.107. The van der Waals surface area contributed by atoms with Gasteiger partial charge in [0.25, 0.3) is 5.91 Å². The fourth-order valence-corrected chi connectivity index (χ4v) is 2.01. The van der Waals surface area contributed by atoms with Crippen LogP contribution < -0.4 is 5.32 Å². The molecule has 0 bridgehead atoms. The Morgan fingerprint density at radius 2 is 2.05 bits per heavy atom. The number of nitrogens with zero attached hydrogens (tertiary/aromatic N) is 1. The van der Waals surface area contributed by atoms with Crippen molar-refractivity contribution in [3.63, 3.8) is 0 Å². The van der Waals surface area contributed by atoms with E-state index in [-0.39, 0.29) is 12.5 Å². The van der Waals surface area contributed by atoms with Gasteiger partial charge < -0.3 is 10.4 Å². The van der Waals surface area contributed by atoms with Crippen LogP contribution in [0.25, 0.3) is 10.8 Å². The van der Waals surface area contributed by atoms with Crippen LogP contribution in [-0.2, 0) is 4.79 Å². The lowest BCUT2D eigenvalue weighted by Crippen LogP contribution is -2.33. The Labute approximate surface area is 116 Å². The number of hydrogen-bond donors (Lipinski definition) is 2. The van der Waals surface area contributed by atoms with E-state index in [1.165, 1.54) is 0 Å². The number of rotatable bonds is 5. The second-order valence-electron chi connectivity index (χ2n) is 4.53. The van der Waals surface area contributed by atoms with Gasteiger partial charge in [0.15, 0.2) is 0 Å². The first kappa shape index (κ1) is 14.0. The molecule has 0 saturated heterocycles. The zero-order valence-electron chi connectivity index (χ0n) is 11.2. The molecule has 2 aromatic rings. The van der Waals surface area contributed by atoms with Gasteiger partial charge in [-0.25, -0.2) is 0 Å². The van der Waals surface area contributed by atoms with Crippen LogP contribution in [0.2, 0.25) is 0 Å². The van der Waals surface area contributed by atoms with Crippen molar-refractivity contribution in [2.24, 2.45) is 5.92 Å². The van der Waals surface area contributed by atoms with Gasteiger partial charge in [0.1, 0.15) is 5.69 Å². The Bertz CT molecular complexity index is 635. The minimum Gasteiger partial charge on any atom is -0.481 e. The molecular formula is C15H16N2O3. The number of nitrogens with one attached hydrogen (secondary N) is 1. The van der Waals surface area contributed by atoms with Crippen LogP contribution >= 0.6 is 0 Å². The summed E-state index contributed by atoms with van der Waals surface area (Å²) in [6.07, 6.45) is 2.05. The summed E-state index contributed by atoms with van der Waals surface area (Å²) in [5.41, 5.74) is 0.323. The third-order valence-corrected chi connectivity index (χ3v) is 3.24. The molecule has 2 N–H and O–H groups in total. The Morgan fingerprint density at radius 1 is 1.30 bits per heavy atom. The number of hydrogen-bond acceptors (Lipinski definition) is 3. The topological polar surface area (TPSA) is 79.3 Å². The highest BCUT2D eigenvalue weighted by Gasteiger charge is 2.17. The van der Waals surface area contributed by atoms with Gasteiger partial charge in [0.2, 0.25) is 0 Å². The number of aromatic nitrogens is 1. The highest BCUT2D eigenvalue weighted by Crippen LogP contribution is 2.16. The number of carbonyl (C=O) groups excluding carboxylic acids is 1. The summed E-state index contributed by atoms with van der Waals surface area (Å²) in [6, 6.07) is 9.29. The molecule has 1 amide bonds. The molecule has 1 heterocycles. The summed E-state index contributed by atoms with van der Waals surface area (Å²) in [6.45, 7) is 1.89. The maximum absolute atomic E-state index is 12.1. The van der Waals surface area contributed by atoms with Crippen LogP contribution in [0.5, 0.6) is 0 Å². The maximum Gasteiger partial charge on any atom is 0.308 e. The van der Waals surface area contributed by atoms with E-state index >= 15 is 0 Å². The third kappa shape index (κ3) is 2.93. The molecule has 0 aliphatic heterocycles. The standard InChI is InChI=1S/C15H16N2O3/c1-2-10(15(19)20)9-17-14(18)13-12-6-4-3-5-11(12)7-8-16-13/h3-8,10H,2,9H2,1H3,(H,17,18)(H,19,20). The molecule has 1 aromatic heterocycles. The zero-order chi connectivity index (χ0) is 14.5. The first-order chi connectivity index (χ1) is 9.63. The zero-order valence-corrected chi connectivity index (χ0v) is 11.2. The Hall–Kier alpha value is -2.43. The number of fused-ring (bicyclic) bond motifs is 1. The van der Waals surface area contributed by atoms with Crippen molar-refractivity contribution in [3.05, 3.63) is 42.2 Å². The highest BCUT2D eigenvalue weighted by molar-refractivity contribution is 6.05. The summed E-state index contributed by atoms with van der Waals surface area (Å²) in [7, 11) is 0. The number of benzene rings is 1. The second-order valence-corrected chi connectivity index (χ2v) is 4.53. The molecule has 0 spiro atoms. The van der Waals surface area contributed by atoms with Crippen molar-refractivity contribution in [1.29, 1.82) is 0 Å². The quantitative estimate of drug-likeness (QED) is 0.873. The first-order valence-electron chi connectivity index (χ1n) is 6.48. The second kappa shape index (κ2) is 6.14. The molecule has 0 saturated carbocycles. The van der Waals surface area contributed by atoms with Crippen LogP contribution in [0.1, 0.15) is 23.8 Å². The molecule has 0 aliphatic rings. The number of amides is 1. The van der Waals surface area contributed by atoms with Crippen molar-refractivity contribution in [2.75, 3.05) is 6.54 Å². The molecule has 2 rings (SSSR count). The molecule has 0 radical (unpaired) electrons. The average Bonchev–Trinajstić information content (AvgIpc) is 2.46.